The van der Waals surface area contributed by atoms with Crippen LogP contribution in [-0.4, -0.2) is 43.4 Å². The number of rotatable bonds is 3. The molecule has 1 aromatic rings. The minimum Gasteiger partial charge on any atom is -0.347 e. The zero-order chi connectivity index (χ0) is 16.8. The van der Waals surface area contributed by atoms with E-state index in [9.17, 15) is 9.18 Å². The van der Waals surface area contributed by atoms with Crippen LogP contribution in [0.4, 0.5) is 10.1 Å². The average Bonchev–Trinajstić information content (AvgIpc) is 2.49. The number of likely N-dealkylation sites (tertiary alicyclic amines) is 1. The van der Waals surface area contributed by atoms with Gasteiger partial charge >= 0.3 is 0 Å². The minimum atomic E-state index is -0.324. The summed E-state index contributed by atoms with van der Waals surface area (Å²) in [6.07, 6.45) is 1.22. The largest absolute Gasteiger partial charge is 0.347 e. The van der Waals surface area contributed by atoms with Gasteiger partial charge in [-0.2, -0.15) is 0 Å². The van der Waals surface area contributed by atoms with Crippen LogP contribution in [0.25, 0.3) is 0 Å². The lowest BCUT2D eigenvalue weighted by Crippen LogP contribution is -2.49. The number of benzene rings is 1. The Morgan fingerprint density at radius 3 is 2.43 bits per heavy atom. The summed E-state index contributed by atoms with van der Waals surface area (Å²) >= 11 is 0. The maximum atomic E-state index is 12.8. The maximum absolute atomic E-state index is 12.8. The molecule has 2 atom stereocenters. The molecule has 2 unspecified atom stereocenters. The molecule has 0 aliphatic carbocycles. The molecule has 23 heavy (non-hydrogen) atoms. The zero-order valence-electron chi connectivity index (χ0n) is 14.0. The smallest absolute Gasteiger partial charge is 0.243 e. The van der Waals surface area contributed by atoms with E-state index in [1.165, 1.54) is 30.7 Å². The second-order valence-electron chi connectivity index (χ2n) is 6.31. The van der Waals surface area contributed by atoms with Gasteiger partial charge in [-0.15, -0.1) is 0 Å². The number of amides is 1. The van der Waals surface area contributed by atoms with Crippen LogP contribution in [0.2, 0.25) is 0 Å². The van der Waals surface area contributed by atoms with Crippen molar-refractivity contribution in [3.05, 3.63) is 30.1 Å². The fourth-order valence-electron chi connectivity index (χ4n) is 3.07. The van der Waals surface area contributed by atoms with E-state index in [4.69, 9.17) is 0 Å². The third kappa shape index (κ3) is 5.23. The lowest BCUT2D eigenvalue weighted by molar-refractivity contribution is -0.115. The maximum Gasteiger partial charge on any atom is 0.243 e. The molecule has 126 valence electrons. The van der Waals surface area contributed by atoms with Crippen LogP contribution in [0.3, 0.4) is 0 Å². The average molecular weight is 320 g/mol. The molecule has 1 aliphatic rings. The summed E-state index contributed by atoms with van der Waals surface area (Å²) < 4.78 is 12.8. The number of guanidine groups is 1. The molecule has 1 saturated heterocycles. The molecule has 1 aliphatic heterocycles. The summed E-state index contributed by atoms with van der Waals surface area (Å²) in [5, 5.41) is 5.83. The van der Waals surface area contributed by atoms with Crippen molar-refractivity contribution in [2.45, 2.75) is 20.3 Å². The van der Waals surface area contributed by atoms with Crippen molar-refractivity contribution < 1.29 is 9.18 Å². The van der Waals surface area contributed by atoms with Crippen LogP contribution >= 0.6 is 0 Å². The molecule has 5 nitrogen and oxygen atoms in total. The molecule has 0 bridgehead atoms. The Hall–Kier alpha value is -2.11. The molecule has 1 fully saturated rings. The van der Waals surface area contributed by atoms with Crippen molar-refractivity contribution in [2.24, 2.45) is 16.8 Å². The standard InChI is InChI=1S/C17H25FN4O/c1-12-8-13(2)11-22(10-12)17(19-3)20-9-16(23)21-15-6-4-14(18)5-7-15/h4-7,12-13H,8-11H2,1-3H3,(H,19,20)(H,21,23). The molecular weight excluding hydrogens is 295 g/mol. The lowest BCUT2D eigenvalue weighted by atomic mass is 9.92. The van der Waals surface area contributed by atoms with Gasteiger partial charge in [-0.1, -0.05) is 13.8 Å². The van der Waals surface area contributed by atoms with Gasteiger partial charge in [-0.05, 0) is 42.5 Å². The normalized spacial score (nSPS) is 21.9. The third-order valence-electron chi connectivity index (χ3n) is 3.92. The van der Waals surface area contributed by atoms with Gasteiger partial charge in [-0.25, -0.2) is 4.39 Å². The lowest BCUT2D eigenvalue weighted by Gasteiger charge is -2.37. The Kier molecular flexibility index (Phi) is 5.96. The van der Waals surface area contributed by atoms with E-state index in [-0.39, 0.29) is 18.3 Å². The summed E-state index contributed by atoms with van der Waals surface area (Å²) in [5.74, 6) is 1.47. The molecule has 0 aromatic heterocycles. The van der Waals surface area contributed by atoms with Crippen LogP contribution in [0.15, 0.2) is 29.3 Å². The molecule has 0 spiro atoms. The number of halogens is 1. The molecule has 1 heterocycles. The van der Waals surface area contributed by atoms with Crippen molar-refractivity contribution in [1.82, 2.24) is 10.2 Å². The van der Waals surface area contributed by atoms with E-state index in [0.717, 1.165) is 19.0 Å². The van der Waals surface area contributed by atoms with Gasteiger partial charge in [0.2, 0.25) is 5.91 Å². The van der Waals surface area contributed by atoms with Gasteiger partial charge in [0.25, 0.3) is 0 Å². The first-order chi connectivity index (χ1) is 11.0. The molecule has 1 aromatic carbocycles. The first kappa shape index (κ1) is 17.2. The molecule has 1 amide bonds. The van der Waals surface area contributed by atoms with Gasteiger partial charge < -0.3 is 15.5 Å². The number of carbonyl (C=O) groups is 1. The first-order valence-electron chi connectivity index (χ1n) is 7.99. The molecule has 2 rings (SSSR count). The van der Waals surface area contributed by atoms with Crippen LogP contribution < -0.4 is 10.6 Å². The third-order valence-corrected chi connectivity index (χ3v) is 3.92. The highest BCUT2D eigenvalue weighted by molar-refractivity contribution is 5.95. The molecule has 0 saturated carbocycles. The van der Waals surface area contributed by atoms with Crippen LogP contribution in [0.5, 0.6) is 0 Å². The SMILES string of the molecule is CN=C(NCC(=O)Nc1ccc(F)cc1)N1CC(C)CC(C)C1. The number of nitrogens with one attached hydrogen (secondary N) is 2. The number of nitrogens with zero attached hydrogens (tertiary/aromatic N) is 2. The quantitative estimate of drug-likeness (QED) is 0.664. The van der Waals surface area contributed by atoms with E-state index in [2.05, 4.69) is 34.4 Å². The topological polar surface area (TPSA) is 56.7 Å². The van der Waals surface area contributed by atoms with E-state index in [0.29, 0.717) is 17.5 Å². The number of anilines is 1. The van der Waals surface area contributed by atoms with Crippen LogP contribution in [0.1, 0.15) is 20.3 Å². The van der Waals surface area contributed by atoms with Gasteiger partial charge in [-0.3, -0.25) is 9.79 Å². The second kappa shape index (κ2) is 7.94. The summed E-state index contributed by atoms with van der Waals surface area (Å²) in [7, 11) is 1.73. The van der Waals surface area contributed by atoms with Gasteiger partial charge in [0.1, 0.15) is 5.82 Å². The van der Waals surface area contributed by atoms with Gasteiger partial charge in [0, 0.05) is 25.8 Å². The highest BCUT2D eigenvalue weighted by Gasteiger charge is 2.24. The predicted octanol–water partition coefficient (Wildman–Crippen LogP) is 2.32. The summed E-state index contributed by atoms with van der Waals surface area (Å²) in [4.78, 5) is 18.5. The number of carbonyl (C=O) groups excluding carboxylic acids is 1. The van der Waals surface area contributed by atoms with Crippen molar-refractivity contribution in [3.63, 3.8) is 0 Å². The Morgan fingerprint density at radius 1 is 1.26 bits per heavy atom. The zero-order valence-corrected chi connectivity index (χ0v) is 14.0. The van der Waals surface area contributed by atoms with Crippen molar-refractivity contribution in [2.75, 3.05) is 32.0 Å². The Bertz CT molecular complexity index is 548. The predicted molar refractivity (Wildman–Crippen MR) is 90.9 cm³/mol. The minimum absolute atomic E-state index is 0.128. The van der Waals surface area contributed by atoms with Crippen molar-refractivity contribution >= 4 is 17.6 Å². The summed E-state index contributed by atoms with van der Waals surface area (Å²) in [6.45, 7) is 6.49. The monoisotopic (exact) mass is 320 g/mol. The molecule has 2 N–H and O–H groups in total. The van der Waals surface area contributed by atoms with Crippen LogP contribution in [0, 0.1) is 17.7 Å². The second-order valence-corrected chi connectivity index (χ2v) is 6.31. The highest BCUT2D eigenvalue weighted by Crippen LogP contribution is 2.20. The highest BCUT2D eigenvalue weighted by atomic mass is 19.1. The van der Waals surface area contributed by atoms with Crippen molar-refractivity contribution in [1.29, 1.82) is 0 Å². The fraction of sp³-hybridized carbons (Fsp3) is 0.529. The van der Waals surface area contributed by atoms with Crippen molar-refractivity contribution in [3.8, 4) is 0 Å². The molecular formula is C17H25FN4O. The van der Waals surface area contributed by atoms with E-state index < -0.39 is 0 Å². The number of aliphatic imine (C=N–C) groups is 1. The van der Waals surface area contributed by atoms with Gasteiger partial charge in [0.05, 0.1) is 6.54 Å². The van der Waals surface area contributed by atoms with E-state index in [1.807, 2.05) is 0 Å². The van der Waals surface area contributed by atoms with E-state index >= 15 is 0 Å². The molecule has 0 radical (unpaired) electrons. The molecule has 6 heteroatoms. The number of piperidine rings is 1. The Balaban J connectivity index is 1.85. The Morgan fingerprint density at radius 2 is 1.87 bits per heavy atom. The number of hydrogen-bond acceptors (Lipinski definition) is 2. The fourth-order valence-corrected chi connectivity index (χ4v) is 3.07. The number of hydrogen-bond donors (Lipinski definition) is 2. The summed E-state index contributed by atoms with van der Waals surface area (Å²) in [6, 6.07) is 5.71. The van der Waals surface area contributed by atoms with E-state index in [1.54, 1.807) is 7.05 Å². The first-order valence-corrected chi connectivity index (χ1v) is 7.99. The van der Waals surface area contributed by atoms with Gasteiger partial charge in [0.15, 0.2) is 5.96 Å². The Labute approximate surface area is 137 Å². The summed E-state index contributed by atoms with van der Waals surface area (Å²) in [5.41, 5.74) is 0.577. The van der Waals surface area contributed by atoms with Crippen LogP contribution in [-0.2, 0) is 4.79 Å².